The van der Waals surface area contributed by atoms with Crippen LogP contribution < -0.4 is 11.3 Å². The summed E-state index contributed by atoms with van der Waals surface area (Å²) >= 11 is 0. The van der Waals surface area contributed by atoms with Crippen molar-refractivity contribution in [1.82, 2.24) is 19.5 Å². The number of hydrogen-bond donors (Lipinski definition) is 4. The van der Waals surface area contributed by atoms with Crippen molar-refractivity contribution in [2.75, 3.05) is 17.0 Å². The minimum atomic E-state index is -4.62. The van der Waals surface area contributed by atoms with E-state index in [0.29, 0.717) is 0 Å². The summed E-state index contributed by atoms with van der Waals surface area (Å²) in [5, 5.41) is 0. The van der Waals surface area contributed by atoms with Crippen LogP contribution in [0, 0.1) is 0 Å². The zero-order valence-corrected chi connectivity index (χ0v) is 12.9. The van der Waals surface area contributed by atoms with Gasteiger partial charge in [0.1, 0.15) is 0 Å². The molecule has 5 N–H and O–H groups in total. The minimum Gasteiger partial charge on any atom is -0.369 e. The van der Waals surface area contributed by atoms with Crippen molar-refractivity contribution >= 4 is 34.5 Å². The lowest BCUT2D eigenvalue weighted by atomic mass is 10.4. The molecule has 0 amide bonds. The summed E-state index contributed by atoms with van der Waals surface area (Å²) in [6, 6.07) is 0. The molecule has 2 aromatic heterocycles. The van der Waals surface area contributed by atoms with Gasteiger partial charge in [0.05, 0.1) is 12.1 Å². The van der Waals surface area contributed by atoms with Crippen molar-refractivity contribution in [2.24, 2.45) is 0 Å². The molecule has 22 heavy (non-hydrogen) atoms. The van der Waals surface area contributed by atoms with Gasteiger partial charge in [-0.15, -0.1) is 0 Å². The highest BCUT2D eigenvalue weighted by Gasteiger charge is 2.24. The number of aromatic nitrogens is 4. The van der Waals surface area contributed by atoms with Crippen LogP contribution in [-0.2, 0) is 20.9 Å². The number of anilines is 1. The number of nitrogens with one attached hydrogen (secondary N) is 1. The van der Waals surface area contributed by atoms with Gasteiger partial charge in [-0.3, -0.25) is 14.3 Å². The molecule has 2 rings (SSSR count). The van der Waals surface area contributed by atoms with E-state index in [1.807, 2.05) is 0 Å². The molecule has 2 aromatic rings. The molecule has 0 aromatic carbocycles. The first-order valence-corrected chi connectivity index (χ1v) is 9.65. The van der Waals surface area contributed by atoms with Crippen molar-refractivity contribution in [2.45, 2.75) is 13.0 Å². The van der Waals surface area contributed by atoms with Crippen LogP contribution in [0.3, 0.4) is 0 Å². The number of sulfone groups is 1. The van der Waals surface area contributed by atoms with Gasteiger partial charge in [-0.1, -0.05) is 0 Å². The second-order valence-electron chi connectivity index (χ2n) is 4.66. The topological polar surface area (TPSA) is 181 Å². The predicted molar refractivity (Wildman–Crippen MR) is 77.9 cm³/mol. The molecule has 0 unspecified atom stereocenters. The summed E-state index contributed by atoms with van der Waals surface area (Å²) in [4.78, 5) is 39.0. The highest BCUT2D eigenvalue weighted by molar-refractivity contribution is 7.97. The van der Waals surface area contributed by atoms with E-state index in [9.17, 15) is 17.8 Å². The molecular formula is C9H14N5O6PS. The Hall–Kier alpha value is -1.75. The van der Waals surface area contributed by atoms with Crippen LogP contribution in [0.1, 0.15) is 6.42 Å². The summed E-state index contributed by atoms with van der Waals surface area (Å²) in [5.74, 6) is -0.496. The largest absolute Gasteiger partial charge is 0.369 e. The molecule has 0 aliphatic heterocycles. The summed E-state index contributed by atoms with van der Waals surface area (Å²) in [7, 11) is -8.49. The molecule has 11 nitrogen and oxygen atoms in total. The predicted octanol–water partition coefficient (Wildman–Crippen LogP) is -1.36. The van der Waals surface area contributed by atoms with Crippen LogP contribution in [0.25, 0.3) is 11.2 Å². The lowest BCUT2D eigenvalue weighted by Crippen LogP contribution is -2.14. The smallest absolute Gasteiger partial charge is 0.340 e. The number of nitrogen functional groups attached to an aromatic ring is 1. The van der Waals surface area contributed by atoms with Gasteiger partial charge in [-0.25, -0.2) is 13.4 Å². The van der Waals surface area contributed by atoms with Crippen LogP contribution >= 0.6 is 7.60 Å². The third-order valence-corrected chi connectivity index (χ3v) is 6.54. The second kappa shape index (κ2) is 5.80. The summed E-state index contributed by atoms with van der Waals surface area (Å²) in [6.07, 6.45) is 1.41. The Morgan fingerprint density at radius 3 is 2.73 bits per heavy atom. The number of H-pyrrole nitrogens is 1. The van der Waals surface area contributed by atoms with Gasteiger partial charge in [-0.2, -0.15) is 4.98 Å². The van der Waals surface area contributed by atoms with Crippen molar-refractivity contribution in [3.8, 4) is 0 Å². The van der Waals surface area contributed by atoms with Gasteiger partial charge >= 0.3 is 7.60 Å². The van der Waals surface area contributed by atoms with E-state index in [2.05, 4.69) is 15.0 Å². The molecule has 0 saturated carbocycles. The molecule has 2 heterocycles. The molecular weight excluding hydrogens is 337 g/mol. The maximum absolute atomic E-state index is 11.6. The van der Waals surface area contributed by atoms with Gasteiger partial charge in [0.2, 0.25) is 5.95 Å². The second-order valence-corrected chi connectivity index (χ2v) is 8.91. The molecule has 122 valence electrons. The molecule has 13 heteroatoms. The first-order chi connectivity index (χ1) is 10.1. The van der Waals surface area contributed by atoms with Crippen LogP contribution in [0.5, 0.6) is 0 Å². The summed E-state index contributed by atoms with van der Waals surface area (Å²) < 4.78 is 35.3. The van der Waals surface area contributed by atoms with Gasteiger partial charge in [-0.05, 0) is 6.42 Å². The first kappa shape index (κ1) is 16.6. The molecule has 0 spiro atoms. The number of fused-ring (bicyclic) bond motifs is 1. The molecule has 0 radical (unpaired) electrons. The maximum atomic E-state index is 11.6. The lowest BCUT2D eigenvalue weighted by molar-refractivity contribution is 0.378. The number of aromatic amines is 1. The lowest BCUT2D eigenvalue weighted by Gasteiger charge is -2.07. The van der Waals surface area contributed by atoms with E-state index >= 15 is 0 Å². The quantitative estimate of drug-likeness (QED) is 0.457. The zero-order chi connectivity index (χ0) is 16.5. The third kappa shape index (κ3) is 4.13. The number of imidazole rings is 1. The first-order valence-electron chi connectivity index (χ1n) is 6.03. The SMILES string of the molecule is Nc1nc2c(ncn2CCCS(=O)(=O)CP(=O)(O)O)c(=O)[nH]1. The Labute approximate surface area is 124 Å². The minimum absolute atomic E-state index is 0.0762. The number of hydrogen-bond acceptors (Lipinski definition) is 7. The Morgan fingerprint density at radius 1 is 1.41 bits per heavy atom. The molecule has 0 bridgehead atoms. The number of rotatable bonds is 6. The van der Waals surface area contributed by atoms with E-state index in [-0.39, 0.29) is 30.1 Å². The molecule has 0 aliphatic rings. The van der Waals surface area contributed by atoms with Gasteiger partial charge in [0.25, 0.3) is 5.56 Å². The monoisotopic (exact) mass is 351 g/mol. The Balaban J connectivity index is 2.10. The van der Waals surface area contributed by atoms with E-state index in [1.54, 1.807) is 0 Å². The van der Waals surface area contributed by atoms with E-state index < -0.39 is 34.2 Å². The number of nitrogens with two attached hydrogens (primary N) is 1. The normalized spacial score (nSPS) is 12.8. The van der Waals surface area contributed by atoms with Crippen molar-refractivity contribution in [3.05, 3.63) is 16.7 Å². The van der Waals surface area contributed by atoms with Crippen LogP contribution in [-0.4, -0.2) is 49.0 Å². The highest BCUT2D eigenvalue weighted by Crippen LogP contribution is 2.36. The molecule has 0 aliphatic carbocycles. The number of nitrogens with zero attached hydrogens (tertiary/aromatic N) is 3. The van der Waals surface area contributed by atoms with Gasteiger partial charge in [0, 0.05) is 6.54 Å². The standard InChI is InChI=1S/C9H14N5O6PS/c10-9-12-7-6(8(15)13-9)11-4-14(7)2-1-3-22(19,20)5-21(16,17)18/h4H,1-3,5H2,(H2,16,17,18)(H3,10,12,13,15). The van der Waals surface area contributed by atoms with E-state index in [0.717, 1.165) is 0 Å². The maximum Gasteiger partial charge on any atom is 0.340 e. The fraction of sp³-hybridized carbons (Fsp3) is 0.444. The fourth-order valence-electron chi connectivity index (χ4n) is 1.91. The summed E-state index contributed by atoms with van der Waals surface area (Å²) in [5.41, 5.74) is 4.03. The molecule has 0 saturated heterocycles. The Kier molecular flexibility index (Phi) is 4.38. The number of aryl methyl sites for hydroxylation is 1. The van der Waals surface area contributed by atoms with Crippen LogP contribution in [0.15, 0.2) is 11.1 Å². The van der Waals surface area contributed by atoms with Gasteiger partial charge < -0.3 is 20.1 Å². The average Bonchev–Trinajstić information content (AvgIpc) is 2.69. The average molecular weight is 351 g/mol. The molecule has 0 fully saturated rings. The Bertz CT molecular complexity index is 897. The van der Waals surface area contributed by atoms with Crippen LogP contribution in [0.4, 0.5) is 5.95 Å². The zero-order valence-electron chi connectivity index (χ0n) is 11.2. The molecule has 0 atom stereocenters. The van der Waals surface area contributed by atoms with E-state index in [1.165, 1.54) is 10.9 Å². The summed E-state index contributed by atoms with van der Waals surface area (Å²) in [6.45, 7) is 0.160. The van der Waals surface area contributed by atoms with Crippen molar-refractivity contribution in [1.29, 1.82) is 0 Å². The van der Waals surface area contributed by atoms with Crippen molar-refractivity contribution < 1.29 is 22.8 Å². The van der Waals surface area contributed by atoms with Crippen LogP contribution in [0.2, 0.25) is 0 Å². The Morgan fingerprint density at radius 2 is 2.09 bits per heavy atom. The van der Waals surface area contributed by atoms with E-state index in [4.69, 9.17) is 15.5 Å². The highest BCUT2D eigenvalue weighted by atomic mass is 32.2. The third-order valence-electron chi connectivity index (χ3n) is 2.71. The fourth-order valence-corrected chi connectivity index (χ4v) is 5.05. The van der Waals surface area contributed by atoms with Gasteiger partial charge in [0.15, 0.2) is 26.5 Å². The van der Waals surface area contributed by atoms with Crippen molar-refractivity contribution in [3.63, 3.8) is 0 Å².